The number of esters is 1. The first-order valence-electron chi connectivity index (χ1n) is 6.04. The molecule has 110 valence electrons. The van der Waals surface area contributed by atoms with Crippen molar-refractivity contribution in [2.45, 2.75) is 6.92 Å². The zero-order chi connectivity index (χ0) is 15.4. The molecular formula is C13H13BrN4O3. The van der Waals surface area contributed by atoms with E-state index in [-0.39, 0.29) is 6.61 Å². The highest BCUT2D eigenvalue weighted by atomic mass is 79.9. The van der Waals surface area contributed by atoms with Crippen molar-refractivity contribution in [2.75, 3.05) is 11.9 Å². The fourth-order valence-electron chi connectivity index (χ4n) is 1.54. The summed E-state index contributed by atoms with van der Waals surface area (Å²) in [7, 11) is 1.72. The molecule has 21 heavy (non-hydrogen) atoms. The minimum atomic E-state index is -0.584. The lowest BCUT2D eigenvalue weighted by Gasteiger charge is -2.06. The molecule has 0 saturated carbocycles. The van der Waals surface area contributed by atoms with Gasteiger partial charge in [0.05, 0.1) is 6.20 Å². The number of carbonyl (C=O) groups excluding carboxylic acids is 2. The minimum absolute atomic E-state index is 0.340. The van der Waals surface area contributed by atoms with Crippen LogP contribution in [0.25, 0.3) is 0 Å². The van der Waals surface area contributed by atoms with E-state index in [1.54, 1.807) is 37.0 Å². The van der Waals surface area contributed by atoms with Crippen LogP contribution in [-0.2, 0) is 16.6 Å². The Balaban J connectivity index is 1.88. The second-order valence-corrected chi connectivity index (χ2v) is 5.17. The van der Waals surface area contributed by atoms with Gasteiger partial charge in [0.2, 0.25) is 0 Å². The number of hydrogen-bond acceptors (Lipinski definition) is 5. The molecule has 2 aromatic rings. The lowest BCUT2D eigenvalue weighted by atomic mass is 10.3. The second kappa shape index (κ2) is 6.49. The predicted molar refractivity (Wildman–Crippen MR) is 78.8 cm³/mol. The number of nitrogens with one attached hydrogen (secondary N) is 1. The van der Waals surface area contributed by atoms with Crippen LogP contribution in [0.3, 0.4) is 0 Å². The van der Waals surface area contributed by atoms with E-state index in [4.69, 9.17) is 4.74 Å². The Kier molecular flexibility index (Phi) is 4.69. The Morgan fingerprint density at radius 2 is 2.14 bits per heavy atom. The summed E-state index contributed by atoms with van der Waals surface area (Å²) in [6.07, 6.45) is 2.96. The maximum absolute atomic E-state index is 11.8. The molecule has 2 aromatic heterocycles. The molecule has 0 bridgehead atoms. The minimum Gasteiger partial charge on any atom is -0.452 e. The normalized spacial score (nSPS) is 10.2. The number of aryl methyl sites for hydroxylation is 1. The van der Waals surface area contributed by atoms with E-state index in [9.17, 15) is 9.59 Å². The van der Waals surface area contributed by atoms with Crippen LogP contribution in [0, 0.1) is 6.92 Å². The van der Waals surface area contributed by atoms with E-state index < -0.39 is 11.9 Å². The SMILES string of the molecule is Cc1c(C(=O)OCC(=O)Nc2ccc(Br)cn2)cnn1C. The molecule has 0 atom stereocenters. The zero-order valence-electron chi connectivity index (χ0n) is 11.5. The van der Waals surface area contributed by atoms with Gasteiger partial charge in [-0.2, -0.15) is 5.10 Å². The second-order valence-electron chi connectivity index (χ2n) is 4.25. The van der Waals surface area contributed by atoms with Gasteiger partial charge in [-0.05, 0) is 35.0 Å². The number of aromatic nitrogens is 3. The Morgan fingerprint density at radius 1 is 1.38 bits per heavy atom. The Labute approximate surface area is 129 Å². The Bertz CT molecular complexity index is 667. The molecule has 0 saturated heterocycles. The smallest absolute Gasteiger partial charge is 0.342 e. The van der Waals surface area contributed by atoms with E-state index in [0.29, 0.717) is 17.1 Å². The standard InChI is InChI=1S/C13H13BrN4O3/c1-8-10(6-16-18(8)2)13(20)21-7-12(19)17-11-4-3-9(14)5-15-11/h3-6H,7H2,1-2H3,(H,15,17,19). The van der Waals surface area contributed by atoms with Gasteiger partial charge in [-0.3, -0.25) is 9.48 Å². The summed E-state index contributed by atoms with van der Waals surface area (Å²) < 4.78 is 7.30. The van der Waals surface area contributed by atoms with Crippen molar-refractivity contribution in [1.29, 1.82) is 0 Å². The van der Waals surface area contributed by atoms with Gasteiger partial charge in [0.15, 0.2) is 6.61 Å². The topological polar surface area (TPSA) is 86.1 Å². The van der Waals surface area contributed by atoms with Gasteiger partial charge in [-0.15, -0.1) is 0 Å². The summed E-state index contributed by atoms with van der Waals surface area (Å²) in [6, 6.07) is 3.38. The summed E-state index contributed by atoms with van der Waals surface area (Å²) in [5.41, 5.74) is 1.02. The van der Waals surface area contributed by atoms with Crippen molar-refractivity contribution in [3.63, 3.8) is 0 Å². The Hall–Kier alpha value is -2.22. The van der Waals surface area contributed by atoms with Gasteiger partial charge < -0.3 is 10.1 Å². The van der Waals surface area contributed by atoms with Crippen LogP contribution in [0.5, 0.6) is 0 Å². The summed E-state index contributed by atoms with van der Waals surface area (Å²) in [5, 5.41) is 6.47. The van der Waals surface area contributed by atoms with Crippen LogP contribution in [0.2, 0.25) is 0 Å². The number of anilines is 1. The van der Waals surface area contributed by atoms with E-state index in [0.717, 1.165) is 4.47 Å². The summed E-state index contributed by atoms with van der Waals surface area (Å²) in [6.45, 7) is 1.36. The third-order valence-electron chi connectivity index (χ3n) is 2.78. The molecule has 8 heteroatoms. The van der Waals surface area contributed by atoms with Crippen molar-refractivity contribution in [3.05, 3.63) is 40.3 Å². The number of nitrogens with zero attached hydrogens (tertiary/aromatic N) is 3. The molecular weight excluding hydrogens is 340 g/mol. The molecule has 0 aromatic carbocycles. The number of ether oxygens (including phenoxy) is 1. The third-order valence-corrected chi connectivity index (χ3v) is 3.25. The lowest BCUT2D eigenvalue weighted by Crippen LogP contribution is -2.21. The van der Waals surface area contributed by atoms with Gasteiger partial charge in [-0.25, -0.2) is 9.78 Å². The molecule has 7 nitrogen and oxygen atoms in total. The number of pyridine rings is 1. The fourth-order valence-corrected chi connectivity index (χ4v) is 1.77. The van der Waals surface area contributed by atoms with Crippen LogP contribution in [0.15, 0.2) is 29.0 Å². The van der Waals surface area contributed by atoms with Crippen molar-refractivity contribution < 1.29 is 14.3 Å². The summed E-state index contributed by atoms with van der Waals surface area (Å²) >= 11 is 3.24. The fraction of sp³-hybridized carbons (Fsp3) is 0.231. The molecule has 1 amide bonds. The predicted octanol–water partition coefficient (Wildman–Crippen LogP) is 1.68. The largest absolute Gasteiger partial charge is 0.452 e. The summed E-state index contributed by atoms with van der Waals surface area (Å²) in [5.74, 6) is -0.656. The number of hydrogen-bond donors (Lipinski definition) is 1. The van der Waals surface area contributed by atoms with Crippen molar-refractivity contribution in [1.82, 2.24) is 14.8 Å². The van der Waals surface area contributed by atoms with Gasteiger partial charge in [0.1, 0.15) is 11.4 Å². The van der Waals surface area contributed by atoms with Crippen LogP contribution in [-0.4, -0.2) is 33.2 Å². The maximum atomic E-state index is 11.8. The first-order valence-corrected chi connectivity index (χ1v) is 6.84. The first kappa shape index (κ1) is 15.2. The number of carbonyl (C=O) groups is 2. The lowest BCUT2D eigenvalue weighted by molar-refractivity contribution is -0.119. The van der Waals surface area contributed by atoms with Crippen LogP contribution < -0.4 is 5.32 Å². The molecule has 0 aliphatic heterocycles. The quantitative estimate of drug-likeness (QED) is 0.846. The van der Waals surface area contributed by atoms with Crippen LogP contribution in [0.4, 0.5) is 5.82 Å². The van der Waals surface area contributed by atoms with Crippen molar-refractivity contribution in [3.8, 4) is 0 Å². The van der Waals surface area contributed by atoms with Gasteiger partial charge in [0.25, 0.3) is 5.91 Å². The number of amides is 1. The van der Waals surface area contributed by atoms with Gasteiger partial charge in [-0.1, -0.05) is 0 Å². The highest BCUT2D eigenvalue weighted by Gasteiger charge is 2.15. The molecule has 0 aliphatic rings. The highest BCUT2D eigenvalue weighted by Crippen LogP contribution is 2.10. The molecule has 0 fully saturated rings. The van der Waals surface area contributed by atoms with Crippen LogP contribution >= 0.6 is 15.9 Å². The number of rotatable bonds is 4. The molecule has 1 N–H and O–H groups in total. The Morgan fingerprint density at radius 3 is 2.71 bits per heavy atom. The van der Waals surface area contributed by atoms with E-state index in [2.05, 4.69) is 31.3 Å². The molecule has 0 spiro atoms. The number of halogens is 1. The van der Waals surface area contributed by atoms with Gasteiger partial charge in [0, 0.05) is 23.4 Å². The molecule has 0 radical (unpaired) electrons. The average molecular weight is 353 g/mol. The summed E-state index contributed by atoms with van der Waals surface area (Å²) in [4.78, 5) is 27.5. The molecule has 2 rings (SSSR count). The molecule has 0 unspecified atom stereocenters. The average Bonchev–Trinajstić information content (AvgIpc) is 2.79. The van der Waals surface area contributed by atoms with Gasteiger partial charge >= 0.3 is 5.97 Å². The van der Waals surface area contributed by atoms with E-state index in [1.165, 1.54) is 6.20 Å². The van der Waals surface area contributed by atoms with E-state index in [1.807, 2.05) is 0 Å². The highest BCUT2D eigenvalue weighted by molar-refractivity contribution is 9.10. The first-order chi connectivity index (χ1) is 9.97. The monoisotopic (exact) mass is 352 g/mol. The molecule has 2 heterocycles. The van der Waals surface area contributed by atoms with Crippen LogP contribution in [0.1, 0.15) is 16.1 Å². The van der Waals surface area contributed by atoms with Crippen molar-refractivity contribution >= 4 is 33.6 Å². The van der Waals surface area contributed by atoms with E-state index >= 15 is 0 Å². The van der Waals surface area contributed by atoms with Crippen molar-refractivity contribution in [2.24, 2.45) is 7.05 Å². The maximum Gasteiger partial charge on any atom is 0.342 e. The third kappa shape index (κ3) is 3.88. The molecule has 0 aliphatic carbocycles. The zero-order valence-corrected chi connectivity index (χ0v) is 13.0.